The second-order valence-corrected chi connectivity index (χ2v) is 6.09. The van der Waals surface area contributed by atoms with Gasteiger partial charge in [0.1, 0.15) is 0 Å². The van der Waals surface area contributed by atoms with Crippen molar-refractivity contribution < 1.29 is 4.74 Å². The summed E-state index contributed by atoms with van der Waals surface area (Å²) in [6.45, 7) is 4.05. The van der Waals surface area contributed by atoms with E-state index < -0.39 is 0 Å². The molecule has 4 nitrogen and oxygen atoms in total. The molecule has 5 heteroatoms. The molecule has 1 aliphatic carbocycles. The molecular formula is C16H30ClN3O. The summed E-state index contributed by atoms with van der Waals surface area (Å²) in [7, 11) is 0. The lowest BCUT2D eigenvalue weighted by molar-refractivity contribution is 0.200. The molecule has 0 aliphatic heterocycles. The molecule has 2 N–H and O–H groups in total. The van der Waals surface area contributed by atoms with Gasteiger partial charge in [0.15, 0.2) is 5.75 Å². The van der Waals surface area contributed by atoms with Crippen LogP contribution in [0.3, 0.4) is 0 Å². The molecule has 1 aromatic rings. The Hall–Kier alpha value is -0.740. The predicted molar refractivity (Wildman–Crippen MR) is 89.0 cm³/mol. The first kappa shape index (κ1) is 18.3. The van der Waals surface area contributed by atoms with Crippen molar-refractivity contribution in [3.63, 3.8) is 0 Å². The van der Waals surface area contributed by atoms with Crippen LogP contribution in [0, 0.1) is 5.92 Å². The summed E-state index contributed by atoms with van der Waals surface area (Å²) in [4.78, 5) is 0. The predicted octanol–water partition coefficient (Wildman–Crippen LogP) is 3.78. The van der Waals surface area contributed by atoms with Gasteiger partial charge in [0.25, 0.3) is 0 Å². The summed E-state index contributed by atoms with van der Waals surface area (Å²) in [5.41, 5.74) is 5.92. The van der Waals surface area contributed by atoms with Gasteiger partial charge in [0.2, 0.25) is 0 Å². The molecule has 0 atom stereocenters. The Morgan fingerprint density at radius 1 is 1.24 bits per heavy atom. The highest BCUT2D eigenvalue weighted by Crippen LogP contribution is 2.24. The van der Waals surface area contributed by atoms with Gasteiger partial charge in [-0.3, -0.25) is 4.68 Å². The molecule has 1 fully saturated rings. The number of hydrogen-bond acceptors (Lipinski definition) is 3. The van der Waals surface area contributed by atoms with Crippen LogP contribution in [-0.2, 0) is 6.54 Å². The third-order valence-electron chi connectivity index (χ3n) is 4.23. The fraction of sp³-hybridized carbons (Fsp3) is 0.812. The lowest BCUT2D eigenvalue weighted by Gasteiger charge is -2.25. The molecule has 0 saturated heterocycles. The van der Waals surface area contributed by atoms with Crippen molar-refractivity contribution in [3.05, 3.63) is 12.4 Å². The van der Waals surface area contributed by atoms with E-state index in [0.717, 1.165) is 31.7 Å². The minimum Gasteiger partial charge on any atom is -0.490 e. The molecule has 2 rings (SSSR count). The van der Waals surface area contributed by atoms with Gasteiger partial charge in [0, 0.05) is 12.6 Å². The molecule has 0 bridgehead atoms. The smallest absolute Gasteiger partial charge is 0.157 e. The molecule has 1 heterocycles. The Balaban J connectivity index is 0.00000220. The molecule has 21 heavy (non-hydrogen) atoms. The number of ether oxygens (including phenoxy) is 1. The Morgan fingerprint density at radius 3 is 2.71 bits per heavy atom. The van der Waals surface area contributed by atoms with Crippen molar-refractivity contribution in [3.8, 4) is 5.75 Å². The Labute approximate surface area is 134 Å². The van der Waals surface area contributed by atoms with Gasteiger partial charge in [-0.1, -0.05) is 26.2 Å². The summed E-state index contributed by atoms with van der Waals surface area (Å²) < 4.78 is 7.87. The largest absolute Gasteiger partial charge is 0.490 e. The normalized spacial score (nSPS) is 21.8. The van der Waals surface area contributed by atoms with E-state index in [9.17, 15) is 0 Å². The quantitative estimate of drug-likeness (QED) is 0.743. The van der Waals surface area contributed by atoms with E-state index >= 15 is 0 Å². The number of nitrogens with two attached hydrogens (primary N) is 1. The summed E-state index contributed by atoms with van der Waals surface area (Å²) in [6.07, 6.45) is 13.6. The van der Waals surface area contributed by atoms with E-state index in [1.165, 1.54) is 38.5 Å². The molecule has 0 amide bonds. The minimum atomic E-state index is 0. The van der Waals surface area contributed by atoms with Crippen LogP contribution in [0.4, 0.5) is 0 Å². The van der Waals surface area contributed by atoms with Gasteiger partial charge < -0.3 is 10.5 Å². The lowest BCUT2D eigenvalue weighted by Crippen LogP contribution is -2.28. The molecular weight excluding hydrogens is 286 g/mol. The first-order valence-corrected chi connectivity index (χ1v) is 8.18. The molecule has 1 aliphatic rings. The average molecular weight is 316 g/mol. The molecule has 1 aromatic heterocycles. The highest BCUT2D eigenvalue weighted by Gasteiger charge is 2.19. The van der Waals surface area contributed by atoms with Crippen molar-refractivity contribution in [1.82, 2.24) is 9.78 Å². The van der Waals surface area contributed by atoms with Crippen molar-refractivity contribution in [1.29, 1.82) is 0 Å². The maximum absolute atomic E-state index is 5.92. The monoisotopic (exact) mass is 315 g/mol. The molecule has 0 aromatic carbocycles. The Morgan fingerprint density at radius 2 is 2.00 bits per heavy atom. The number of hydrogen-bond donors (Lipinski definition) is 1. The zero-order valence-electron chi connectivity index (χ0n) is 13.2. The summed E-state index contributed by atoms with van der Waals surface area (Å²) in [5.74, 6) is 1.58. The van der Waals surface area contributed by atoms with Crippen LogP contribution < -0.4 is 10.5 Å². The topological polar surface area (TPSA) is 53.1 Å². The van der Waals surface area contributed by atoms with Crippen LogP contribution in [0.2, 0.25) is 0 Å². The van der Waals surface area contributed by atoms with Gasteiger partial charge in [-0.2, -0.15) is 5.10 Å². The third kappa shape index (κ3) is 6.70. The first-order chi connectivity index (χ1) is 9.78. The second kappa shape index (κ2) is 10.1. The summed E-state index contributed by atoms with van der Waals surface area (Å²) in [5, 5.41) is 4.36. The maximum atomic E-state index is 5.92. The standard InChI is InChI=1S/C16H29N3O.ClH/c1-2-3-4-5-10-19-12-16(11-18-19)20-13-14-6-8-15(17)9-7-14;/h11-12,14-15H,2-10,13,17H2,1H3;1H. The summed E-state index contributed by atoms with van der Waals surface area (Å²) >= 11 is 0. The number of rotatable bonds is 8. The highest BCUT2D eigenvalue weighted by molar-refractivity contribution is 5.85. The number of aryl methyl sites for hydroxylation is 1. The van der Waals surface area contributed by atoms with Crippen LogP contribution in [0.25, 0.3) is 0 Å². The van der Waals surface area contributed by atoms with E-state index in [4.69, 9.17) is 10.5 Å². The molecule has 1 saturated carbocycles. The second-order valence-electron chi connectivity index (χ2n) is 6.09. The summed E-state index contributed by atoms with van der Waals surface area (Å²) in [6, 6.07) is 0.414. The van der Waals surface area contributed by atoms with E-state index in [1.54, 1.807) is 0 Å². The molecule has 0 unspecified atom stereocenters. The van der Waals surface area contributed by atoms with Crippen LogP contribution in [0.1, 0.15) is 58.3 Å². The van der Waals surface area contributed by atoms with E-state index in [1.807, 2.05) is 17.1 Å². The zero-order valence-corrected chi connectivity index (χ0v) is 14.0. The van der Waals surface area contributed by atoms with Crippen LogP contribution in [0.5, 0.6) is 5.75 Å². The fourth-order valence-corrected chi connectivity index (χ4v) is 2.81. The number of unbranched alkanes of at least 4 members (excludes halogenated alkanes) is 3. The van der Waals surface area contributed by atoms with Crippen molar-refractivity contribution >= 4 is 12.4 Å². The van der Waals surface area contributed by atoms with Gasteiger partial charge >= 0.3 is 0 Å². The average Bonchev–Trinajstić information content (AvgIpc) is 2.91. The zero-order chi connectivity index (χ0) is 14.2. The van der Waals surface area contributed by atoms with Crippen LogP contribution >= 0.6 is 12.4 Å². The van der Waals surface area contributed by atoms with E-state index in [0.29, 0.717) is 12.0 Å². The number of halogens is 1. The highest BCUT2D eigenvalue weighted by atomic mass is 35.5. The number of nitrogens with zero attached hydrogens (tertiary/aromatic N) is 2. The van der Waals surface area contributed by atoms with Gasteiger partial charge in [-0.15, -0.1) is 12.4 Å². The SMILES string of the molecule is CCCCCCn1cc(OCC2CCC(N)CC2)cn1.Cl. The Kier molecular flexibility index (Phi) is 8.77. The van der Waals surface area contributed by atoms with Gasteiger partial charge in [-0.25, -0.2) is 0 Å². The van der Waals surface area contributed by atoms with Gasteiger partial charge in [0.05, 0.1) is 19.0 Å². The van der Waals surface area contributed by atoms with Crippen molar-refractivity contribution in [2.24, 2.45) is 11.7 Å². The maximum Gasteiger partial charge on any atom is 0.157 e. The van der Waals surface area contributed by atoms with Crippen molar-refractivity contribution in [2.45, 2.75) is 70.9 Å². The fourth-order valence-electron chi connectivity index (χ4n) is 2.81. The van der Waals surface area contributed by atoms with Crippen molar-refractivity contribution in [2.75, 3.05) is 6.61 Å². The first-order valence-electron chi connectivity index (χ1n) is 8.18. The molecule has 0 spiro atoms. The van der Waals surface area contributed by atoms with Gasteiger partial charge in [-0.05, 0) is 38.0 Å². The molecule has 0 radical (unpaired) electrons. The number of aromatic nitrogens is 2. The molecule has 122 valence electrons. The lowest BCUT2D eigenvalue weighted by atomic mass is 9.87. The van der Waals surface area contributed by atoms with Crippen LogP contribution in [0.15, 0.2) is 12.4 Å². The Bertz CT molecular complexity index is 375. The van der Waals surface area contributed by atoms with Crippen LogP contribution in [-0.4, -0.2) is 22.4 Å². The van der Waals surface area contributed by atoms with E-state index in [-0.39, 0.29) is 12.4 Å². The van der Waals surface area contributed by atoms with E-state index in [2.05, 4.69) is 12.0 Å². The third-order valence-corrected chi connectivity index (χ3v) is 4.23. The minimum absolute atomic E-state index is 0.